The highest BCUT2D eigenvalue weighted by Gasteiger charge is 2.27. The predicted molar refractivity (Wildman–Crippen MR) is 73.0 cm³/mol. The van der Waals surface area contributed by atoms with Crippen molar-refractivity contribution in [2.24, 2.45) is 5.92 Å². The molecule has 0 spiro atoms. The number of nitrogens with one attached hydrogen (secondary N) is 1. The number of thiophene rings is 1. The third-order valence-electron chi connectivity index (χ3n) is 3.50. The van der Waals surface area contributed by atoms with Gasteiger partial charge < -0.3 is 5.11 Å². The van der Waals surface area contributed by atoms with Crippen LogP contribution in [-0.2, 0) is 10.0 Å². The first-order valence-corrected chi connectivity index (χ1v) is 8.55. The third kappa shape index (κ3) is 3.34. The van der Waals surface area contributed by atoms with Crippen LogP contribution in [0.1, 0.15) is 42.3 Å². The van der Waals surface area contributed by atoms with Gasteiger partial charge in [0.1, 0.15) is 9.09 Å². The third-order valence-corrected chi connectivity index (χ3v) is 6.63. The van der Waals surface area contributed by atoms with Crippen molar-refractivity contribution in [2.75, 3.05) is 0 Å². The zero-order chi connectivity index (χ0) is 14.0. The molecule has 0 amide bonds. The van der Waals surface area contributed by atoms with Gasteiger partial charge in [0.2, 0.25) is 10.0 Å². The van der Waals surface area contributed by atoms with Crippen molar-refractivity contribution in [1.29, 1.82) is 0 Å². The van der Waals surface area contributed by atoms with Crippen LogP contribution < -0.4 is 4.72 Å². The molecular weight excluding hydrogens is 286 g/mol. The summed E-state index contributed by atoms with van der Waals surface area (Å²) in [6.45, 7) is 1.87. The summed E-state index contributed by atoms with van der Waals surface area (Å²) in [4.78, 5) is 10.8. The molecule has 1 aliphatic carbocycles. The molecular formula is C12H17NO4S2. The number of carboxylic acids is 1. The Hall–Kier alpha value is -0.920. The summed E-state index contributed by atoms with van der Waals surface area (Å²) in [6.07, 6.45) is 4.40. The fourth-order valence-corrected chi connectivity index (χ4v) is 4.91. The number of hydrogen-bond donors (Lipinski definition) is 2. The van der Waals surface area contributed by atoms with Crippen LogP contribution in [0.4, 0.5) is 0 Å². The van der Waals surface area contributed by atoms with E-state index in [4.69, 9.17) is 5.11 Å². The van der Waals surface area contributed by atoms with Crippen molar-refractivity contribution >= 4 is 27.3 Å². The number of hydrogen-bond acceptors (Lipinski definition) is 4. The van der Waals surface area contributed by atoms with Gasteiger partial charge in [0.05, 0.1) is 0 Å². The number of carboxylic acid groups (broad SMARTS) is 1. The van der Waals surface area contributed by atoms with E-state index in [1.807, 2.05) is 6.92 Å². The summed E-state index contributed by atoms with van der Waals surface area (Å²) in [5, 5.41) is 8.81. The Kier molecular flexibility index (Phi) is 4.27. The van der Waals surface area contributed by atoms with Crippen LogP contribution in [0.15, 0.2) is 16.3 Å². The van der Waals surface area contributed by atoms with Crippen molar-refractivity contribution in [1.82, 2.24) is 4.72 Å². The quantitative estimate of drug-likeness (QED) is 0.874. The van der Waals surface area contributed by atoms with E-state index in [9.17, 15) is 13.2 Å². The minimum Gasteiger partial charge on any atom is -0.477 e. The molecule has 5 nitrogen and oxygen atoms in total. The number of aromatic carboxylic acids is 1. The molecule has 1 saturated carbocycles. The second-order valence-corrected chi connectivity index (χ2v) is 7.90. The smallest absolute Gasteiger partial charge is 0.345 e. The predicted octanol–water partition coefficient (Wildman–Crippen LogP) is 2.30. The minimum absolute atomic E-state index is 0.0360. The summed E-state index contributed by atoms with van der Waals surface area (Å²) in [5.74, 6) is -0.719. The first-order chi connectivity index (χ1) is 8.90. The van der Waals surface area contributed by atoms with E-state index in [1.165, 1.54) is 12.1 Å². The fraction of sp³-hybridized carbons (Fsp3) is 0.583. The zero-order valence-electron chi connectivity index (χ0n) is 10.6. The molecule has 7 heteroatoms. The second-order valence-electron chi connectivity index (χ2n) is 4.88. The number of sulfonamides is 1. The van der Waals surface area contributed by atoms with Crippen molar-refractivity contribution in [2.45, 2.75) is 42.9 Å². The van der Waals surface area contributed by atoms with Gasteiger partial charge in [-0.25, -0.2) is 17.9 Å². The van der Waals surface area contributed by atoms with Gasteiger partial charge in [-0.3, -0.25) is 0 Å². The molecule has 2 rings (SSSR count). The van der Waals surface area contributed by atoms with Crippen molar-refractivity contribution < 1.29 is 18.3 Å². The lowest BCUT2D eigenvalue weighted by molar-refractivity contribution is 0.0702. The fourth-order valence-electron chi connectivity index (χ4n) is 2.44. The largest absolute Gasteiger partial charge is 0.477 e. The van der Waals surface area contributed by atoms with Crippen LogP contribution in [0, 0.1) is 5.92 Å². The van der Waals surface area contributed by atoms with Crippen molar-refractivity contribution in [3.63, 3.8) is 0 Å². The molecule has 0 aromatic carbocycles. The van der Waals surface area contributed by atoms with Gasteiger partial charge in [-0.2, -0.15) is 0 Å². The summed E-state index contributed by atoms with van der Waals surface area (Å²) < 4.78 is 27.0. The van der Waals surface area contributed by atoms with Crippen LogP contribution in [0.25, 0.3) is 0 Å². The molecule has 1 aromatic rings. The summed E-state index contributed by atoms with van der Waals surface area (Å²) >= 11 is 0.782. The molecule has 1 aromatic heterocycles. The molecule has 19 heavy (non-hydrogen) atoms. The molecule has 0 saturated heterocycles. The maximum Gasteiger partial charge on any atom is 0.345 e. The van der Waals surface area contributed by atoms with E-state index >= 15 is 0 Å². The molecule has 1 atom stereocenters. The lowest BCUT2D eigenvalue weighted by atomic mass is 10.0. The highest BCUT2D eigenvalue weighted by molar-refractivity contribution is 7.91. The van der Waals surface area contributed by atoms with E-state index in [0.717, 1.165) is 37.0 Å². The van der Waals surface area contributed by atoms with Gasteiger partial charge >= 0.3 is 5.97 Å². The van der Waals surface area contributed by atoms with Crippen LogP contribution >= 0.6 is 11.3 Å². The highest BCUT2D eigenvalue weighted by atomic mass is 32.2. The van der Waals surface area contributed by atoms with Gasteiger partial charge in [0, 0.05) is 6.04 Å². The van der Waals surface area contributed by atoms with E-state index < -0.39 is 16.0 Å². The van der Waals surface area contributed by atoms with E-state index in [2.05, 4.69) is 4.72 Å². The Labute approximate surface area is 116 Å². The minimum atomic E-state index is -3.60. The van der Waals surface area contributed by atoms with Crippen LogP contribution in [-0.4, -0.2) is 25.5 Å². The van der Waals surface area contributed by atoms with E-state index in [-0.39, 0.29) is 15.1 Å². The summed E-state index contributed by atoms with van der Waals surface area (Å²) in [7, 11) is -3.60. The first-order valence-electron chi connectivity index (χ1n) is 6.25. The molecule has 1 heterocycles. The van der Waals surface area contributed by atoms with Gasteiger partial charge in [-0.1, -0.05) is 12.8 Å². The van der Waals surface area contributed by atoms with E-state index in [1.54, 1.807) is 0 Å². The zero-order valence-corrected chi connectivity index (χ0v) is 12.3. The first kappa shape index (κ1) is 14.5. The van der Waals surface area contributed by atoms with Gasteiger partial charge in [-0.15, -0.1) is 11.3 Å². The van der Waals surface area contributed by atoms with Crippen LogP contribution in [0.3, 0.4) is 0 Å². The molecule has 106 valence electrons. The lowest BCUT2D eigenvalue weighted by Gasteiger charge is -2.19. The van der Waals surface area contributed by atoms with Gasteiger partial charge in [0.25, 0.3) is 0 Å². The Balaban J connectivity index is 2.10. The standard InChI is InChI=1S/C12H17NO4S2/c1-8(9-4-2-3-5-9)13-19(16,17)11-7-6-10(18-11)12(14)15/h6-9,13H,2-5H2,1H3,(H,14,15)/t8-/m1/s1. The molecule has 0 aliphatic heterocycles. The molecule has 0 radical (unpaired) electrons. The Morgan fingerprint density at radius 3 is 2.58 bits per heavy atom. The Morgan fingerprint density at radius 1 is 1.42 bits per heavy atom. The second kappa shape index (κ2) is 5.60. The molecule has 1 aliphatic rings. The monoisotopic (exact) mass is 303 g/mol. The maximum atomic E-state index is 12.1. The topological polar surface area (TPSA) is 83.5 Å². The molecule has 1 fully saturated rings. The molecule has 0 bridgehead atoms. The van der Waals surface area contributed by atoms with E-state index in [0.29, 0.717) is 5.92 Å². The van der Waals surface area contributed by atoms with Crippen LogP contribution in [0.5, 0.6) is 0 Å². The summed E-state index contributed by atoms with van der Waals surface area (Å²) in [6, 6.07) is 2.56. The number of carbonyl (C=O) groups is 1. The Bertz CT molecular complexity index is 558. The van der Waals surface area contributed by atoms with Crippen LogP contribution in [0.2, 0.25) is 0 Å². The lowest BCUT2D eigenvalue weighted by Crippen LogP contribution is -2.36. The molecule has 0 unspecified atom stereocenters. The average molecular weight is 303 g/mol. The average Bonchev–Trinajstić information content (AvgIpc) is 3.00. The van der Waals surface area contributed by atoms with Gasteiger partial charge in [0.15, 0.2) is 0 Å². The highest BCUT2D eigenvalue weighted by Crippen LogP contribution is 2.29. The van der Waals surface area contributed by atoms with Crippen molar-refractivity contribution in [3.8, 4) is 0 Å². The SMILES string of the molecule is C[C@@H](NS(=O)(=O)c1ccc(C(=O)O)s1)C1CCCC1. The Morgan fingerprint density at radius 2 is 2.05 bits per heavy atom. The maximum absolute atomic E-state index is 12.1. The van der Waals surface area contributed by atoms with Gasteiger partial charge in [-0.05, 0) is 37.8 Å². The number of rotatable bonds is 5. The molecule has 2 N–H and O–H groups in total. The van der Waals surface area contributed by atoms with Crippen molar-refractivity contribution in [3.05, 3.63) is 17.0 Å². The summed E-state index contributed by atoms with van der Waals surface area (Å²) in [5.41, 5.74) is 0. The normalized spacial score (nSPS) is 18.6.